The summed E-state index contributed by atoms with van der Waals surface area (Å²) in [6.07, 6.45) is 0. The number of hydrogen-bond donors (Lipinski definition) is 0. The molecule has 1 aromatic rings. The molecule has 0 fully saturated rings. The first-order chi connectivity index (χ1) is 4.86. The molecular formula is C7H4ClMgN. The van der Waals surface area contributed by atoms with Crippen LogP contribution in [0.15, 0.2) is 24.3 Å². The zero-order chi connectivity index (χ0) is 7.40. The largest absolute Gasteiger partial charge is 0.538 e. The maximum atomic E-state index is 8.43. The van der Waals surface area contributed by atoms with Crippen LogP contribution in [-0.4, -0.2) is 19.3 Å². The van der Waals surface area contributed by atoms with Crippen LogP contribution in [0.1, 0.15) is 5.56 Å². The predicted molar refractivity (Wildman–Crippen MR) is 42.4 cm³/mol. The van der Waals surface area contributed by atoms with E-state index in [2.05, 4.69) is 6.07 Å². The molecule has 0 aromatic heterocycles. The standard InChI is InChI=1S/C7H4N.ClH.Mg/c8-6-7-4-2-1-3-5-7;;/h2-5H;1H;/q;;+1/p-1. The average Bonchev–Trinajstić information content (AvgIpc) is 2.05. The number of benzene rings is 1. The number of rotatable bonds is 1. The Labute approximate surface area is 73.1 Å². The second-order valence-corrected chi connectivity index (χ2v) is 3.83. The van der Waals surface area contributed by atoms with Crippen LogP contribution < -0.4 is 3.69 Å². The van der Waals surface area contributed by atoms with E-state index in [1.165, 1.54) is 3.69 Å². The van der Waals surface area contributed by atoms with E-state index < -0.39 is 19.3 Å². The van der Waals surface area contributed by atoms with E-state index in [1.807, 2.05) is 12.1 Å². The lowest BCUT2D eigenvalue weighted by atomic mass is 10.2. The Morgan fingerprint density at radius 1 is 1.30 bits per heavy atom. The number of nitriles is 1. The minimum atomic E-state index is -0.570. The third kappa shape index (κ3) is 1.88. The first-order valence-electron chi connectivity index (χ1n) is 2.92. The minimum absolute atomic E-state index is 0.570. The van der Waals surface area contributed by atoms with Crippen molar-refractivity contribution in [3.63, 3.8) is 0 Å². The summed E-state index contributed by atoms with van der Waals surface area (Å²) in [6.45, 7) is 0. The van der Waals surface area contributed by atoms with Gasteiger partial charge in [-0.1, -0.05) is 12.1 Å². The summed E-state index contributed by atoms with van der Waals surface area (Å²) in [6, 6.07) is 9.47. The highest BCUT2D eigenvalue weighted by Gasteiger charge is 1.94. The van der Waals surface area contributed by atoms with Crippen molar-refractivity contribution >= 4 is 32.0 Å². The second kappa shape index (κ2) is 3.82. The summed E-state index contributed by atoms with van der Waals surface area (Å²) >= 11 is -0.570. The van der Waals surface area contributed by atoms with Crippen molar-refractivity contribution in [2.75, 3.05) is 0 Å². The Hall–Kier alpha value is -0.234. The van der Waals surface area contributed by atoms with Crippen LogP contribution in [0.25, 0.3) is 0 Å². The van der Waals surface area contributed by atoms with Crippen molar-refractivity contribution < 1.29 is 0 Å². The SMILES string of the molecule is N#Cc1cc[c]([Mg][Cl])cc1. The third-order valence-corrected chi connectivity index (χ3v) is 2.94. The average molecular weight is 162 g/mol. The predicted octanol–water partition coefficient (Wildman–Crippen LogP) is 1.04. The van der Waals surface area contributed by atoms with Gasteiger partial charge in [0.1, 0.15) is 0 Å². The summed E-state index contributed by atoms with van der Waals surface area (Å²) in [5.41, 5.74) is 0.697. The zero-order valence-corrected chi connectivity index (χ0v) is 7.51. The number of hydrogen-bond acceptors (Lipinski definition) is 1. The van der Waals surface area contributed by atoms with E-state index in [9.17, 15) is 0 Å². The van der Waals surface area contributed by atoms with Crippen LogP contribution in [0.4, 0.5) is 0 Å². The van der Waals surface area contributed by atoms with E-state index in [4.69, 9.17) is 14.3 Å². The van der Waals surface area contributed by atoms with Gasteiger partial charge in [-0.25, -0.2) is 0 Å². The molecule has 0 unspecified atom stereocenters. The highest BCUT2D eigenvalue weighted by atomic mass is 35.5. The molecule has 0 saturated carbocycles. The van der Waals surface area contributed by atoms with Crippen LogP contribution in [0, 0.1) is 11.3 Å². The van der Waals surface area contributed by atoms with Gasteiger partial charge in [0.25, 0.3) is 0 Å². The van der Waals surface area contributed by atoms with E-state index in [1.54, 1.807) is 12.1 Å². The molecule has 0 aliphatic rings. The number of nitrogens with zero attached hydrogens (tertiary/aromatic N) is 1. The van der Waals surface area contributed by atoms with Crippen LogP contribution in [-0.2, 0) is 0 Å². The molecule has 10 heavy (non-hydrogen) atoms. The Morgan fingerprint density at radius 2 is 1.90 bits per heavy atom. The molecule has 0 bridgehead atoms. The molecular weight excluding hydrogens is 158 g/mol. The molecule has 0 aliphatic carbocycles. The fraction of sp³-hybridized carbons (Fsp3) is 0. The van der Waals surface area contributed by atoms with Gasteiger partial charge in [0, 0.05) is 0 Å². The van der Waals surface area contributed by atoms with Crippen molar-refractivity contribution in [2.24, 2.45) is 0 Å². The smallest absolute Gasteiger partial charge is 0.336 e. The maximum absolute atomic E-state index is 8.43. The Kier molecular flexibility index (Phi) is 3.01. The fourth-order valence-corrected chi connectivity index (χ4v) is 1.62. The fourth-order valence-electron chi connectivity index (χ4n) is 0.668. The minimum Gasteiger partial charge on any atom is -0.336 e. The Bertz CT molecular complexity index is 249. The van der Waals surface area contributed by atoms with Gasteiger partial charge in [0.15, 0.2) is 0 Å². The van der Waals surface area contributed by atoms with E-state index in [0.717, 1.165) is 0 Å². The Balaban J connectivity index is 2.93. The van der Waals surface area contributed by atoms with Gasteiger partial charge in [-0.15, -0.1) is 3.69 Å². The molecule has 1 rings (SSSR count). The van der Waals surface area contributed by atoms with Gasteiger partial charge in [0.05, 0.1) is 11.6 Å². The lowest BCUT2D eigenvalue weighted by Crippen LogP contribution is -2.06. The highest BCUT2D eigenvalue weighted by Crippen LogP contribution is 1.92. The van der Waals surface area contributed by atoms with Crippen molar-refractivity contribution in [2.45, 2.75) is 0 Å². The first kappa shape index (κ1) is 7.87. The first-order valence-corrected chi connectivity index (χ1v) is 5.76. The van der Waals surface area contributed by atoms with Crippen LogP contribution >= 0.6 is 9.07 Å². The quantitative estimate of drug-likeness (QED) is 0.565. The van der Waals surface area contributed by atoms with Gasteiger partial charge in [-0.05, 0) is 12.1 Å². The highest BCUT2D eigenvalue weighted by molar-refractivity contribution is 7.01. The van der Waals surface area contributed by atoms with Gasteiger partial charge in [-0.2, -0.15) is 5.26 Å². The third-order valence-electron chi connectivity index (χ3n) is 1.24. The molecule has 0 amide bonds. The summed E-state index contributed by atoms with van der Waals surface area (Å²) in [5.74, 6) is 0. The molecule has 0 aliphatic heterocycles. The topological polar surface area (TPSA) is 23.8 Å². The van der Waals surface area contributed by atoms with E-state index in [0.29, 0.717) is 5.56 Å². The molecule has 46 valence electrons. The Morgan fingerprint density at radius 3 is 2.30 bits per heavy atom. The van der Waals surface area contributed by atoms with Crippen molar-refractivity contribution in [3.05, 3.63) is 29.8 Å². The van der Waals surface area contributed by atoms with Gasteiger partial charge >= 0.3 is 19.3 Å². The molecule has 0 atom stereocenters. The second-order valence-electron chi connectivity index (χ2n) is 1.94. The van der Waals surface area contributed by atoms with E-state index >= 15 is 0 Å². The number of halogens is 1. The zero-order valence-electron chi connectivity index (χ0n) is 5.34. The molecule has 1 aromatic carbocycles. The van der Waals surface area contributed by atoms with Gasteiger partial charge in [-0.3, -0.25) is 0 Å². The van der Waals surface area contributed by atoms with Gasteiger partial charge in [0.2, 0.25) is 0 Å². The van der Waals surface area contributed by atoms with Crippen molar-refractivity contribution in [1.82, 2.24) is 0 Å². The lowest BCUT2D eigenvalue weighted by Gasteiger charge is -1.91. The lowest BCUT2D eigenvalue weighted by molar-refractivity contribution is 1.49. The molecule has 0 radical (unpaired) electrons. The summed E-state index contributed by atoms with van der Waals surface area (Å²) in [7, 11) is 5.68. The molecule has 0 heterocycles. The van der Waals surface area contributed by atoms with Crippen LogP contribution in [0.2, 0.25) is 0 Å². The summed E-state index contributed by atoms with van der Waals surface area (Å²) < 4.78 is 1.18. The van der Waals surface area contributed by atoms with Crippen molar-refractivity contribution in [1.29, 1.82) is 5.26 Å². The molecule has 0 N–H and O–H groups in total. The van der Waals surface area contributed by atoms with Crippen LogP contribution in [0.3, 0.4) is 0 Å². The molecule has 3 heteroatoms. The van der Waals surface area contributed by atoms with Gasteiger partial charge < -0.3 is 9.07 Å². The monoisotopic (exact) mass is 161 g/mol. The summed E-state index contributed by atoms with van der Waals surface area (Å²) in [5, 5.41) is 8.43. The normalized spacial score (nSPS) is 8.00. The molecule has 1 nitrogen and oxygen atoms in total. The van der Waals surface area contributed by atoms with Crippen molar-refractivity contribution in [3.8, 4) is 6.07 Å². The van der Waals surface area contributed by atoms with Crippen LogP contribution in [0.5, 0.6) is 0 Å². The molecule has 0 saturated heterocycles. The summed E-state index contributed by atoms with van der Waals surface area (Å²) in [4.78, 5) is 0. The van der Waals surface area contributed by atoms with E-state index in [-0.39, 0.29) is 0 Å². The molecule has 0 spiro atoms. The maximum Gasteiger partial charge on any atom is 0.538 e.